The summed E-state index contributed by atoms with van der Waals surface area (Å²) >= 11 is 6.24. The van der Waals surface area contributed by atoms with Crippen molar-refractivity contribution in [3.63, 3.8) is 0 Å². The quantitative estimate of drug-likeness (QED) is 0.197. The van der Waals surface area contributed by atoms with Gasteiger partial charge in [-0.2, -0.15) is 4.31 Å². The van der Waals surface area contributed by atoms with Crippen LogP contribution in [-0.2, 0) is 21.2 Å². The van der Waals surface area contributed by atoms with Crippen LogP contribution in [0.3, 0.4) is 0 Å². The first-order chi connectivity index (χ1) is 22.0. The Morgan fingerprint density at radius 2 is 1.83 bits per heavy atom. The van der Waals surface area contributed by atoms with E-state index in [4.69, 9.17) is 17.3 Å². The number of hydrogen-bond acceptors (Lipinski definition) is 5. The number of hydrogen-bond donors (Lipinski definition) is 3. The summed E-state index contributed by atoms with van der Waals surface area (Å²) in [4.78, 5) is 13.8. The molecule has 0 unspecified atom stereocenters. The molecule has 1 aliphatic rings. The van der Waals surface area contributed by atoms with Crippen LogP contribution in [0.1, 0.15) is 42.9 Å². The average Bonchev–Trinajstić information content (AvgIpc) is 3.00. The maximum Gasteiger partial charge on any atom is 0.243 e. The standard InChI is InChI=1S/C35H39ClF2N4O3S/c1-4-9-29(10-5-2)46(44,45)42-23(3)21-40-22-28(42)17-18-30-31(38)15-8-16-32(30)41-35(43)34(39)33(24-11-6-13-26(36)19-24)25-12-7-14-27(37)20-25/h4-16,19-20,23,28,33-34,40H,1,17-18,21-22,39H2,2-3H3,(H,41,43)/b10-5-,29-9+/t23-,28-,33-,34-/m0/s1. The molecular weight excluding hydrogens is 630 g/mol. The second-order valence-corrected chi connectivity index (χ2v) is 13.5. The summed E-state index contributed by atoms with van der Waals surface area (Å²) < 4.78 is 58.6. The molecule has 0 aliphatic carbocycles. The van der Waals surface area contributed by atoms with Crippen molar-refractivity contribution >= 4 is 33.2 Å². The maximum atomic E-state index is 15.4. The van der Waals surface area contributed by atoms with E-state index in [9.17, 15) is 17.6 Å². The fourth-order valence-electron chi connectivity index (χ4n) is 5.91. The van der Waals surface area contributed by atoms with Gasteiger partial charge in [0.05, 0.1) is 10.9 Å². The highest BCUT2D eigenvalue weighted by Crippen LogP contribution is 2.32. The third kappa shape index (κ3) is 8.18. The first-order valence-electron chi connectivity index (χ1n) is 15.0. The number of nitrogens with one attached hydrogen (secondary N) is 2. The van der Waals surface area contributed by atoms with Crippen LogP contribution < -0.4 is 16.4 Å². The van der Waals surface area contributed by atoms with Crippen LogP contribution in [-0.4, -0.2) is 49.8 Å². The normalized spacial score (nSPS) is 19.1. The van der Waals surface area contributed by atoms with Gasteiger partial charge in [-0.15, -0.1) is 0 Å². The molecule has 46 heavy (non-hydrogen) atoms. The molecule has 244 valence electrons. The lowest BCUT2D eigenvalue weighted by Crippen LogP contribution is -2.58. The number of amides is 1. The number of halogens is 3. The van der Waals surface area contributed by atoms with E-state index in [1.54, 1.807) is 49.4 Å². The summed E-state index contributed by atoms with van der Waals surface area (Å²) in [5, 5.41) is 6.49. The van der Waals surface area contributed by atoms with E-state index in [2.05, 4.69) is 17.2 Å². The first kappa shape index (κ1) is 35.2. The van der Waals surface area contributed by atoms with Crippen LogP contribution in [0.5, 0.6) is 0 Å². The van der Waals surface area contributed by atoms with Crippen molar-refractivity contribution in [1.82, 2.24) is 9.62 Å². The number of anilines is 1. The molecule has 7 nitrogen and oxygen atoms in total. The van der Waals surface area contributed by atoms with E-state index < -0.39 is 45.6 Å². The number of carbonyl (C=O) groups is 1. The molecule has 4 rings (SSSR count). The van der Waals surface area contributed by atoms with Gasteiger partial charge in [0.1, 0.15) is 11.6 Å². The molecular formula is C35H39ClF2N4O3S. The van der Waals surface area contributed by atoms with E-state index in [0.717, 1.165) is 0 Å². The van der Waals surface area contributed by atoms with Gasteiger partial charge in [-0.1, -0.05) is 60.7 Å². The van der Waals surface area contributed by atoms with E-state index in [1.165, 1.54) is 52.9 Å². The number of sulfonamides is 1. The second-order valence-electron chi connectivity index (χ2n) is 11.2. The predicted octanol–water partition coefficient (Wildman–Crippen LogP) is 6.29. The van der Waals surface area contributed by atoms with Crippen LogP contribution in [0.15, 0.2) is 103 Å². The summed E-state index contributed by atoms with van der Waals surface area (Å²) in [7, 11) is -3.89. The Kier molecular flexibility index (Phi) is 12.0. The van der Waals surface area contributed by atoms with Crippen molar-refractivity contribution in [2.45, 2.75) is 50.7 Å². The van der Waals surface area contributed by atoms with Gasteiger partial charge in [-0.3, -0.25) is 4.79 Å². The van der Waals surface area contributed by atoms with Gasteiger partial charge in [0.25, 0.3) is 0 Å². The molecule has 0 aromatic heterocycles. The minimum atomic E-state index is -3.89. The summed E-state index contributed by atoms with van der Waals surface area (Å²) in [6.07, 6.45) is 6.47. The number of benzene rings is 3. The molecule has 0 radical (unpaired) electrons. The molecule has 1 aliphatic heterocycles. The second kappa shape index (κ2) is 15.8. The molecule has 3 aromatic carbocycles. The first-order valence-corrected chi connectivity index (χ1v) is 16.8. The van der Waals surface area contributed by atoms with Crippen LogP contribution >= 0.6 is 11.6 Å². The van der Waals surface area contributed by atoms with Gasteiger partial charge in [0.15, 0.2) is 0 Å². The molecule has 0 saturated carbocycles. The fraction of sp³-hybridized carbons (Fsp3) is 0.286. The van der Waals surface area contributed by atoms with Crippen LogP contribution in [0, 0.1) is 11.6 Å². The monoisotopic (exact) mass is 668 g/mol. The van der Waals surface area contributed by atoms with Crippen LogP contribution in [0.4, 0.5) is 14.5 Å². The summed E-state index contributed by atoms with van der Waals surface area (Å²) in [5.74, 6) is -2.39. The van der Waals surface area contributed by atoms with E-state index >= 15 is 4.39 Å². The smallest absolute Gasteiger partial charge is 0.243 e. The summed E-state index contributed by atoms with van der Waals surface area (Å²) in [6, 6.07) is 15.0. The van der Waals surface area contributed by atoms with Crippen molar-refractivity contribution in [3.8, 4) is 0 Å². The molecule has 3 aromatic rings. The Balaban J connectivity index is 1.60. The highest BCUT2D eigenvalue weighted by Gasteiger charge is 2.38. The number of nitrogens with two attached hydrogens (primary N) is 1. The summed E-state index contributed by atoms with van der Waals surface area (Å²) in [5.41, 5.74) is 8.07. The van der Waals surface area contributed by atoms with Gasteiger partial charge in [0, 0.05) is 47.4 Å². The number of carbonyl (C=O) groups excluding carboxylic acids is 1. The predicted molar refractivity (Wildman–Crippen MR) is 181 cm³/mol. The van der Waals surface area contributed by atoms with Crippen molar-refractivity contribution in [2.75, 3.05) is 18.4 Å². The van der Waals surface area contributed by atoms with Crippen molar-refractivity contribution in [1.29, 1.82) is 0 Å². The van der Waals surface area contributed by atoms with Gasteiger partial charge in [-0.25, -0.2) is 17.2 Å². The van der Waals surface area contributed by atoms with Crippen LogP contribution in [0.25, 0.3) is 0 Å². The van der Waals surface area contributed by atoms with E-state index in [0.29, 0.717) is 29.2 Å². The molecule has 4 N–H and O–H groups in total. The molecule has 1 heterocycles. The highest BCUT2D eigenvalue weighted by molar-refractivity contribution is 7.93. The molecule has 11 heteroatoms. The number of allylic oxidation sites excluding steroid dienone is 4. The Hall–Kier alpha value is -3.67. The third-order valence-corrected chi connectivity index (χ3v) is 10.3. The number of piperazine rings is 1. The van der Waals surface area contributed by atoms with Crippen molar-refractivity contribution < 1.29 is 22.0 Å². The van der Waals surface area contributed by atoms with Crippen molar-refractivity contribution in [3.05, 3.63) is 136 Å². The molecule has 1 fully saturated rings. The third-order valence-electron chi connectivity index (χ3n) is 7.98. The largest absolute Gasteiger partial charge is 0.324 e. The van der Waals surface area contributed by atoms with Gasteiger partial charge in [0.2, 0.25) is 15.9 Å². The topological polar surface area (TPSA) is 105 Å². The zero-order valence-electron chi connectivity index (χ0n) is 25.8. The van der Waals surface area contributed by atoms with Gasteiger partial charge < -0.3 is 16.4 Å². The zero-order valence-corrected chi connectivity index (χ0v) is 27.4. The summed E-state index contributed by atoms with van der Waals surface area (Å²) in [6.45, 7) is 8.04. The Morgan fingerprint density at radius 3 is 2.50 bits per heavy atom. The number of nitrogens with zero attached hydrogens (tertiary/aromatic N) is 1. The lowest BCUT2D eigenvalue weighted by molar-refractivity contribution is -0.117. The maximum absolute atomic E-state index is 15.4. The minimum absolute atomic E-state index is 0.115. The molecule has 1 amide bonds. The lowest BCUT2D eigenvalue weighted by atomic mass is 9.85. The van der Waals surface area contributed by atoms with Crippen LogP contribution in [0.2, 0.25) is 5.02 Å². The minimum Gasteiger partial charge on any atom is -0.324 e. The van der Waals surface area contributed by atoms with Gasteiger partial charge >= 0.3 is 0 Å². The molecule has 1 saturated heterocycles. The molecule has 4 atom stereocenters. The fourth-order valence-corrected chi connectivity index (χ4v) is 8.05. The Morgan fingerprint density at radius 1 is 1.13 bits per heavy atom. The molecule has 0 spiro atoms. The number of rotatable bonds is 12. The lowest BCUT2D eigenvalue weighted by Gasteiger charge is -2.40. The Bertz CT molecular complexity index is 1680. The molecule has 0 bridgehead atoms. The van der Waals surface area contributed by atoms with E-state index in [-0.39, 0.29) is 35.0 Å². The zero-order chi connectivity index (χ0) is 33.4. The van der Waals surface area contributed by atoms with E-state index in [1.807, 2.05) is 6.92 Å². The SMILES string of the molecule is C=C/C=C(\C=C/C)S(=O)(=O)N1[C@@H](CCc2c(F)cccc2NC(=O)[C@@H](N)[C@H](c2cccc(F)c2)c2cccc(Cl)c2)CNC[C@@H]1C. The Labute approximate surface area is 274 Å². The van der Waals surface area contributed by atoms with Gasteiger partial charge in [-0.05, 0) is 86.4 Å². The highest BCUT2D eigenvalue weighted by atomic mass is 35.5. The van der Waals surface area contributed by atoms with Crippen molar-refractivity contribution in [2.24, 2.45) is 5.73 Å². The average molecular weight is 669 g/mol.